The molecule has 0 spiro atoms. The largest absolute Gasteiger partial charge is 0.450 e. The third kappa shape index (κ3) is 3.04. The summed E-state index contributed by atoms with van der Waals surface area (Å²) in [7, 11) is -3.31. The summed E-state index contributed by atoms with van der Waals surface area (Å²) in [5.41, 5.74) is 0. The average Bonchev–Trinajstić information content (AvgIpc) is 2.63. The van der Waals surface area contributed by atoms with Crippen molar-refractivity contribution in [1.29, 1.82) is 0 Å². The van der Waals surface area contributed by atoms with Gasteiger partial charge in [-0.15, -0.1) is 0 Å². The molecule has 2 amide bonds. The van der Waals surface area contributed by atoms with Gasteiger partial charge in [0.15, 0.2) is 9.84 Å². The first kappa shape index (κ1) is 15.0. The van der Waals surface area contributed by atoms with E-state index in [9.17, 15) is 23.1 Å². The van der Waals surface area contributed by atoms with Crippen LogP contribution in [0.1, 0.15) is 6.92 Å². The summed E-state index contributed by atoms with van der Waals surface area (Å²) >= 11 is 0. The number of hydrogen-bond acceptors (Lipinski definition) is 6. The smallest absolute Gasteiger partial charge is 0.410 e. The quantitative estimate of drug-likeness (QED) is 0.662. The number of aliphatic hydroxyl groups is 1. The molecule has 0 aromatic rings. The molecule has 9 heteroatoms. The number of piperazine rings is 1. The number of carbonyl (C=O) groups is 2. The SMILES string of the molecule is CCOC(=O)N1CCN([C@@H]2CS(=O)(=O)C[C@@H]2O)C(=O)C1. The molecule has 0 unspecified atom stereocenters. The number of rotatable bonds is 2. The maximum Gasteiger partial charge on any atom is 0.410 e. The Morgan fingerprint density at radius 3 is 2.60 bits per heavy atom. The van der Waals surface area contributed by atoms with Crippen LogP contribution in [0.2, 0.25) is 0 Å². The van der Waals surface area contributed by atoms with Gasteiger partial charge in [-0.3, -0.25) is 9.69 Å². The van der Waals surface area contributed by atoms with Crippen LogP contribution in [-0.4, -0.2) is 85.2 Å². The van der Waals surface area contributed by atoms with Crippen LogP contribution in [0, 0.1) is 0 Å². The van der Waals surface area contributed by atoms with E-state index in [1.807, 2.05) is 0 Å². The Kier molecular flexibility index (Phi) is 4.19. The van der Waals surface area contributed by atoms with E-state index in [4.69, 9.17) is 4.74 Å². The molecule has 0 aliphatic carbocycles. The predicted molar refractivity (Wildman–Crippen MR) is 68.8 cm³/mol. The maximum atomic E-state index is 12.0. The maximum absolute atomic E-state index is 12.0. The highest BCUT2D eigenvalue weighted by atomic mass is 32.2. The lowest BCUT2D eigenvalue weighted by Gasteiger charge is -2.37. The monoisotopic (exact) mass is 306 g/mol. The number of ether oxygens (including phenoxy) is 1. The highest BCUT2D eigenvalue weighted by Crippen LogP contribution is 2.20. The minimum absolute atomic E-state index is 0.151. The molecule has 2 aliphatic rings. The lowest BCUT2D eigenvalue weighted by atomic mass is 10.1. The van der Waals surface area contributed by atoms with E-state index < -0.39 is 28.1 Å². The van der Waals surface area contributed by atoms with Gasteiger partial charge in [0.1, 0.15) is 6.54 Å². The number of sulfone groups is 1. The fraction of sp³-hybridized carbons (Fsp3) is 0.818. The molecule has 1 N–H and O–H groups in total. The number of amides is 2. The van der Waals surface area contributed by atoms with Gasteiger partial charge in [-0.05, 0) is 6.92 Å². The minimum Gasteiger partial charge on any atom is -0.450 e. The van der Waals surface area contributed by atoms with Crippen molar-refractivity contribution in [3.8, 4) is 0 Å². The average molecular weight is 306 g/mol. The van der Waals surface area contributed by atoms with Gasteiger partial charge in [-0.25, -0.2) is 13.2 Å². The van der Waals surface area contributed by atoms with Gasteiger partial charge in [0, 0.05) is 13.1 Å². The molecule has 2 saturated heterocycles. The second kappa shape index (κ2) is 5.57. The summed E-state index contributed by atoms with van der Waals surface area (Å²) in [6.45, 7) is 2.23. The summed E-state index contributed by atoms with van der Waals surface area (Å²) in [4.78, 5) is 26.2. The Morgan fingerprint density at radius 1 is 1.40 bits per heavy atom. The number of aliphatic hydroxyl groups excluding tert-OH is 1. The molecule has 0 radical (unpaired) electrons. The Labute approximate surface area is 117 Å². The third-order valence-corrected chi connectivity index (χ3v) is 5.18. The lowest BCUT2D eigenvalue weighted by Crippen LogP contribution is -2.58. The van der Waals surface area contributed by atoms with E-state index in [1.54, 1.807) is 6.92 Å². The van der Waals surface area contributed by atoms with Gasteiger partial charge >= 0.3 is 6.09 Å². The van der Waals surface area contributed by atoms with Crippen molar-refractivity contribution in [1.82, 2.24) is 9.80 Å². The minimum atomic E-state index is -3.31. The van der Waals surface area contributed by atoms with Gasteiger partial charge in [0.2, 0.25) is 5.91 Å². The van der Waals surface area contributed by atoms with Crippen molar-refractivity contribution in [2.75, 3.05) is 37.7 Å². The lowest BCUT2D eigenvalue weighted by molar-refractivity contribution is -0.139. The third-order valence-electron chi connectivity index (χ3n) is 3.48. The van der Waals surface area contributed by atoms with Crippen LogP contribution in [0.15, 0.2) is 0 Å². The van der Waals surface area contributed by atoms with Crippen molar-refractivity contribution in [2.45, 2.75) is 19.1 Å². The Morgan fingerprint density at radius 2 is 2.10 bits per heavy atom. The molecule has 2 atom stereocenters. The fourth-order valence-electron chi connectivity index (χ4n) is 2.52. The molecular formula is C11H18N2O6S. The van der Waals surface area contributed by atoms with Crippen molar-refractivity contribution in [3.05, 3.63) is 0 Å². The second-order valence-electron chi connectivity index (χ2n) is 4.92. The van der Waals surface area contributed by atoms with Crippen molar-refractivity contribution >= 4 is 21.8 Å². The molecule has 0 aromatic heterocycles. The van der Waals surface area contributed by atoms with Crippen LogP contribution < -0.4 is 0 Å². The van der Waals surface area contributed by atoms with Gasteiger partial charge < -0.3 is 14.7 Å². The highest BCUT2D eigenvalue weighted by molar-refractivity contribution is 7.91. The van der Waals surface area contributed by atoms with Gasteiger partial charge in [0.25, 0.3) is 0 Å². The summed E-state index contributed by atoms with van der Waals surface area (Å²) < 4.78 is 27.8. The molecule has 2 aliphatic heterocycles. The molecular weight excluding hydrogens is 288 g/mol. The number of hydrogen-bond donors (Lipinski definition) is 1. The molecule has 8 nitrogen and oxygen atoms in total. The predicted octanol–water partition coefficient (Wildman–Crippen LogP) is -1.55. The zero-order valence-corrected chi connectivity index (χ0v) is 12.0. The van der Waals surface area contributed by atoms with Gasteiger partial charge in [-0.2, -0.15) is 0 Å². The van der Waals surface area contributed by atoms with Crippen LogP contribution in [0.25, 0.3) is 0 Å². The second-order valence-corrected chi connectivity index (χ2v) is 7.07. The van der Waals surface area contributed by atoms with E-state index in [1.165, 1.54) is 9.80 Å². The first-order valence-corrected chi connectivity index (χ1v) is 8.26. The van der Waals surface area contributed by atoms with Gasteiger partial charge in [0.05, 0.1) is 30.3 Å². The van der Waals surface area contributed by atoms with Crippen LogP contribution in [0.5, 0.6) is 0 Å². The molecule has 2 fully saturated rings. The molecule has 0 aromatic carbocycles. The van der Waals surface area contributed by atoms with E-state index in [-0.39, 0.29) is 43.7 Å². The van der Waals surface area contributed by atoms with Crippen LogP contribution in [0.4, 0.5) is 4.79 Å². The molecule has 2 rings (SSSR count). The topological polar surface area (TPSA) is 104 Å². The van der Waals surface area contributed by atoms with E-state index in [0.717, 1.165) is 0 Å². The summed E-state index contributed by atoms with van der Waals surface area (Å²) in [5.74, 6) is -0.909. The fourth-order valence-corrected chi connectivity index (χ4v) is 4.32. The molecule has 2 heterocycles. The summed E-state index contributed by atoms with van der Waals surface area (Å²) in [6, 6.07) is -0.711. The van der Waals surface area contributed by atoms with Crippen molar-refractivity contribution in [3.63, 3.8) is 0 Å². The van der Waals surface area contributed by atoms with Crippen molar-refractivity contribution in [2.24, 2.45) is 0 Å². The normalized spacial score (nSPS) is 29.6. The first-order chi connectivity index (χ1) is 9.34. The van der Waals surface area contributed by atoms with E-state index in [0.29, 0.717) is 0 Å². The number of carbonyl (C=O) groups excluding carboxylic acids is 2. The zero-order chi connectivity index (χ0) is 14.9. The van der Waals surface area contributed by atoms with E-state index >= 15 is 0 Å². The first-order valence-electron chi connectivity index (χ1n) is 6.43. The highest BCUT2D eigenvalue weighted by Gasteiger charge is 2.43. The molecule has 0 saturated carbocycles. The molecule has 114 valence electrons. The Hall–Kier alpha value is -1.35. The molecule has 0 bridgehead atoms. The number of nitrogens with zero attached hydrogens (tertiary/aromatic N) is 2. The summed E-state index contributed by atoms with van der Waals surface area (Å²) in [5, 5.41) is 9.78. The van der Waals surface area contributed by atoms with Crippen LogP contribution >= 0.6 is 0 Å². The zero-order valence-electron chi connectivity index (χ0n) is 11.2. The van der Waals surface area contributed by atoms with E-state index in [2.05, 4.69) is 0 Å². The van der Waals surface area contributed by atoms with Gasteiger partial charge in [-0.1, -0.05) is 0 Å². The Bertz CT molecular complexity index is 505. The van der Waals surface area contributed by atoms with Crippen LogP contribution in [-0.2, 0) is 19.4 Å². The standard InChI is InChI=1S/C11H18N2O6S/c1-2-19-11(16)12-3-4-13(10(15)5-12)8-6-20(17,18)7-9(8)14/h8-9,14H,2-7H2,1H3/t8-,9+/m1/s1. The summed E-state index contributed by atoms with van der Waals surface area (Å²) in [6.07, 6.45) is -1.61. The van der Waals surface area contributed by atoms with Crippen molar-refractivity contribution < 1.29 is 27.9 Å². The van der Waals surface area contributed by atoms with Crippen LogP contribution in [0.3, 0.4) is 0 Å². The Balaban J connectivity index is 2.01. The molecule has 20 heavy (non-hydrogen) atoms.